The van der Waals surface area contributed by atoms with Gasteiger partial charge in [0.2, 0.25) is 10.0 Å². The number of carboxylic acid groups (broad SMARTS) is 1. The average molecular weight is 490 g/mol. The highest BCUT2D eigenvalue weighted by Gasteiger charge is 2.38. The van der Waals surface area contributed by atoms with Gasteiger partial charge in [-0.2, -0.15) is 18.3 Å². The second kappa shape index (κ2) is 12.7. The summed E-state index contributed by atoms with van der Waals surface area (Å²) in [6, 6.07) is 9.26. The number of nitrogens with two attached hydrogens (primary N) is 1. The molecule has 3 aromatic rings. The Balaban J connectivity index is 0.000000282. The zero-order valence-corrected chi connectivity index (χ0v) is 18.9. The Morgan fingerprint density at radius 3 is 2.36 bits per heavy atom. The van der Waals surface area contributed by atoms with Crippen LogP contribution in [0.5, 0.6) is 0 Å². The van der Waals surface area contributed by atoms with Crippen molar-refractivity contribution >= 4 is 32.6 Å². The van der Waals surface area contributed by atoms with Crippen molar-refractivity contribution in [1.82, 2.24) is 15.2 Å². The van der Waals surface area contributed by atoms with E-state index in [0.29, 0.717) is 18.8 Å². The van der Waals surface area contributed by atoms with Crippen LogP contribution in [0, 0.1) is 0 Å². The number of hydrogen-bond acceptors (Lipinski definition) is 6. The number of unbranched alkanes of at least 4 members (excludes halogenated alkanes) is 1. The molecule has 0 unspecified atom stereocenters. The van der Waals surface area contributed by atoms with E-state index in [1.165, 1.54) is 10.6 Å². The molecule has 3 rings (SSSR count). The van der Waals surface area contributed by atoms with Crippen LogP contribution in [0.1, 0.15) is 25.3 Å². The van der Waals surface area contributed by atoms with Gasteiger partial charge >= 0.3 is 12.1 Å². The molecule has 0 bridgehead atoms. The number of carbonyl (C=O) groups is 1. The average Bonchev–Trinajstić information content (AvgIpc) is 3.22. The van der Waals surface area contributed by atoms with Crippen molar-refractivity contribution in [2.24, 2.45) is 5.73 Å². The van der Waals surface area contributed by atoms with Gasteiger partial charge in [-0.05, 0) is 24.1 Å². The smallest absolute Gasteiger partial charge is 0.475 e. The minimum atomic E-state index is -5.08. The molecule has 0 aliphatic rings. The molecule has 1 aromatic carbocycles. The van der Waals surface area contributed by atoms with Crippen molar-refractivity contribution in [2.75, 3.05) is 17.1 Å². The van der Waals surface area contributed by atoms with Gasteiger partial charge in [0.15, 0.2) is 0 Å². The van der Waals surface area contributed by atoms with Crippen LogP contribution in [-0.2, 0) is 21.4 Å². The SMILES string of the molecule is CCCCN(c1ccccc1CN)S(C)(=O)=O.O=C(O)C(F)(F)F.c1cc2[nH]ncc2cn1. The molecule has 0 aliphatic carbocycles. The van der Waals surface area contributed by atoms with Gasteiger partial charge in [0.05, 0.1) is 23.7 Å². The number of sulfonamides is 1. The molecule has 0 fully saturated rings. The molecule has 9 nitrogen and oxygen atoms in total. The molecule has 182 valence electrons. The lowest BCUT2D eigenvalue weighted by atomic mass is 10.1. The molecule has 0 spiro atoms. The highest BCUT2D eigenvalue weighted by atomic mass is 32.2. The van der Waals surface area contributed by atoms with E-state index in [4.69, 9.17) is 15.6 Å². The number of fused-ring (bicyclic) bond motifs is 1. The van der Waals surface area contributed by atoms with Gasteiger partial charge in [0.25, 0.3) is 0 Å². The molecule has 4 N–H and O–H groups in total. The summed E-state index contributed by atoms with van der Waals surface area (Å²) in [7, 11) is -3.25. The number of aromatic nitrogens is 3. The summed E-state index contributed by atoms with van der Waals surface area (Å²) in [5.41, 5.74) is 8.23. The van der Waals surface area contributed by atoms with Crippen LogP contribution in [-0.4, -0.2) is 53.7 Å². The van der Waals surface area contributed by atoms with Crippen molar-refractivity contribution in [1.29, 1.82) is 0 Å². The Labute approximate surface area is 189 Å². The maximum Gasteiger partial charge on any atom is 0.490 e. The Hall–Kier alpha value is -3.19. The van der Waals surface area contributed by atoms with Gasteiger partial charge in [0, 0.05) is 30.9 Å². The number of aromatic amines is 1. The van der Waals surface area contributed by atoms with Gasteiger partial charge in [-0.3, -0.25) is 14.4 Å². The fraction of sp³-hybridized carbons (Fsp3) is 0.350. The lowest BCUT2D eigenvalue weighted by Gasteiger charge is -2.24. The van der Waals surface area contributed by atoms with Gasteiger partial charge in [-0.15, -0.1) is 0 Å². The molecule has 2 aromatic heterocycles. The number of aliphatic carboxylic acids is 1. The Morgan fingerprint density at radius 1 is 1.21 bits per heavy atom. The fourth-order valence-electron chi connectivity index (χ4n) is 2.48. The number of nitrogens with one attached hydrogen (secondary N) is 1. The van der Waals surface area contributed by atoms with Gasteiger partial charge in [-0.1, -0.05) is 31.5 Å². The van der Waals surface area contributed by atoms with E-state index in [0.717, 1.165) is 29.3 Å². The molecule has 33 heavy (non-hydrogen) atoms. The molecular formula is C20H26F3N5O4S. The number of benzene rings is 1. The molecule has 0 aliphatic heterocycles. The fourth-order valence-corrected chi connectivity index (χ4v) is 3.47. The first-order chi connectivity index (χ1) is 15.4. The first-order valence-corrected chi connectivity index (χ1v) is 11.6. The van der Waals surface area contributed by atoms with Crippen molar-refractivity contribution in [3.63, 3.8) is 0 Å². The van der Waals surface area contributed by atoms with Crippen molar-refractivity contribution < 1.29 is 31.5 Å². The maximum atomic E-state index is 11.8. The first kappa shape index (κ1) is 27.8. The third-order valence-electron chi connectivity index (χ3n) is 4.08. The summed E-state index contributed by atoms with van der Waals surface area (Å²) in [5.74, 6) is -2.76. The summed E-state index contributed by atoms with van der Waals surface area (Å²) in [5, 5.41) is 14.8. The van der Waals surface area contributed by atoms with Crippen LogP contribution in [0.2, 0.25) is 0 Å². The van der Waals surface area contributed by atoms with E-state index in [1.54, 1.807) is 24.7 Å². The summed E-state index contributed by atoms with van der Waals surface area (Å²) >= 11 is 0. The summed E-state index contributed by atoms with van der Waals surface area (Å²) in [6.07, 6.45) is 3.21. The number of para-hydroxylation sites is 1. The number of nitrogens with zero attached hydrogens (tertiary/aromatic N) is 3. The number of carboxylic acids is 1. The van der Waals surface area contributed by atoms with E-state index < -0.39 is 22.2 Å². The van der Waals surface area contributed by atoms with Crippen LogP contribution in [0.15, 0.2) is 48.9 Å². The molecular weight excluding hydrogens is 463 g/mol. The van der Waals surface area contributed by atoms with E-state index >= 15 is 0 Å². The molecule has 0 saturated carbocycles. The molecule has 0 atom stereocenters. The number of anilines is 1. The Kier molecular flexibility index (Phi) is 10.8. The minimum Gasteiger partial charge on any atom is -0.475 e. The number of alkyl halides is 3. The van der Waals surface area contributed by atoms with Crippen LogP contribution in [0.25, 0.3) is 10.9 Å². The Morgan fingerprint density at radius 2 is 1.85 bits per heavy atom. The minimum absolute atomic E-state index is 0.342. The van der Waals surface area contributed by atoms with Gasteiger partial charge in [0.1, 0.15) is 0 Å². The van der Waals surface area contributed by atoms with Gasteiger partial charge in [-0.25, -0.2) is 13.2 Å². The van der Waals surface area contributed by atoms with E-state index in [9.17, 15) is 21.6 Å². The predicted molar refractivity (Wildman–Crippen MR) is 119 cm³/mol. The van der Waals surface area contributed by atoms with Gasteiger partial charge < -0.3 is 10.8 Å². The normalized spacial score (nSPS) is 11.1. The lowest BCUT2D eigenvalue weighted by molar-refractivity contribution is -0.192. The van der Waals surface area contributed by atoms with Crippen molar-refractivity contribution in [3.05, 3.63) is 54.5 Å². The predicted octanol–water partition coefficient (Wildman–Crippen LogP) is 3.30. The molecule has 0 radical (unpaired) electrons. The van der Waals surface area contributed by atoms with Crippen LogP contribution in [0.4, 0.5) is 18.9 Å². The zero-order valence-electron chi connectivity index (χ0n) is 18.1. The standard InChI is InChI=1S/C12H20N2O2S.C6H5N3.C2HF3O2/c1-3-4-9-14(17(2,15)16)12-8-6-5-7-11(12)10-13;1-2-7-3-5-4-8-9-6(1)5;3-2(4,5)1(6)7/h5-8H,3-4,9-10,13H2,1-2H3;1-4H,(H,8,9);(H,6,7). The number of hydrogen-bond donors (Lipinski definition) is 3. The van der Waals surface area contributed by atoms with Crippen LogP contribution < -0.4 is 10.0 Å². The maximum absolute atomic E-state index is 11.8. The third kappa shape index (κ3) is 9.45. The van der Waals surface area contributed by atoms with Crippen molar-refractivity contribution in [3.8, 4) is 0 Å². The molecule has 13 heteroatoms. The first-order valence-electron chi connectivity index (χ1n) is 9.70. The summed E-state index contributed by atoms with van der Waals surface area (Å²) in [6.45, 7) is 2.88. The second-order valence-electron chi connectivity index (χ2n) is 6.66. The van der Waals surface area contributed by atoms with E-state index in [2.05, 4.69) is 15.2 Å². The lowest BCUT2D eigenvalue weighted by Crippen LogP contribution is -2.31. The quantitative estimate of drug-likeness (QED) is 0.482. The number of halogens is 3. The second-order valence-corrected chi connectivity index (χ2v) is 8.56. The monoisotopic (exact) mass is 489 g/mol. The van der Waals surface area contributed by atoms with Crippen molar-refractivity contribution in [2.45, 2.75) is 32.5 Å². The molecule has 0 saturated heterocycles. The number of H-pyrrole nitrogens is 1. The number of rotatable bonds is 6. The Bertz CT molecular complexity index is 1090. The van der Waals surface area contributed by atoms with Crippen LogP contribution >= 0.6 is 0 Å². The number of pyridine rings is 1. The highest BCUT2D eigenvalue weighted by Crippen LogP contribution is 2.23. The highest BCUT2D eigenvalue weighted by molar-refractivity contribution is 7.92. The third-order valence-corrected chi connectivity index (χ3v) is 5.26. The van der Waals surface area contributed by atoms with Crippen LogP contribution in [0.3, 0.4) is 0 Å². The van der Waals surface area contributed by atoms with E-state index in [1.807, 2.05) is 31.2 Å². The molecule has 2 heterocycles. The largest absolute Gasteiger partial charge is 0.490 e. The summed E-state index contributed by atoms with van der Waals surface area (Å²) in [4.78, 5) is 12.8. The molecule has 0 amide bonds. The summed E-state index contributed by atoms with van der Waals surface area (Å²) < 4.78 is 56.8. The zero-order chi connectivity index (χ0) is 25.1. The van der Waals surface area contributed by atoms with E-state index in [-0.39, 0.29) is 0 Å². The topological polar surface area (TPSA) is 142 Å².